The number of carbonyl (C=O) groups excluding carboxylic acids is 2. The van der Waals surface area contributed by atoms with Crippen LogP contribution in [0.1, 0.15) is 31.2 Å². The zero-order valence-electron chi connectivity index (χ0n) is 13.3. The lowest BCUT2D eigenvalue weighted by Crippen LogP contribution is -2.52. The van der Waals surface area contributed by atoms with Gasteiger partial charge in [-0.25, -0.2) is 0 Å². The first-order chi connectivity index (χ1) is 11.1. The zero-order chi connectivity index (χ0) is 16.0. The molecule has 1 aliphatic carbocycles. The summed E-state index contributed by atoms with van der Waals surface area (Å²) in [5.74, 6) is -0.0892. The van der Waals surface area contributed by atoms with E-state index in [0.717, 1.165) is 25.0 Å². The van der Waals surface area contributed by atoms with E-state index in [2.05, 4.69) is 35.4 Å². The molecule has 3 aliphatic rings. The second-order valence-electron chi connectivity index (χ2n) is 6.91. The van der Waals surface area contributed by atoms with Gasteiger partial charge in [-0.05, 0) is 30.2 Å². The number of rotatable bonds is 3. The van der Waals surface area contributed by atoms with Gasteiger partial charge in [-0.3, -0.25) is 9.59 Å². The molecule has 0 N–H and O–H groups in total. The summed E-state index contributed by atoms with van der Waals surface area (Å²) >= 11 is 0. The minimum atomic E-state index is -0.262. The molecule has 4 nitrogen and oxygen atoms in total. The summed E-state index contributed by atoms with van der Waals surface area (Å²) in [6.45, 7) is 0.949. The van der Waals surface area contributed by atoms with Crippen molar-refractivity contribution in [1.29, 1.82) is 0 Å². The Hall–Kier alpha value is -2.10. The smallest absolute Gasteiger partial charge is 0.309 e. The molecule has 4 heteroatoms. The number of esters is 1. The van der Waals surface area contributed by atoms with Gasteiger partial charge >= 0.3 is 5.97 Å². The largest absolute Gasteiger partial charge is 0.469 e. The van der Waals surface area contributed by atoms with Crippen LogP contribution in [0.5, 0.6) is 0 Å². The van der Waals surface area contributed by atoms with Gasteiger partial charge in [0.15, 0.2) is 0 Å². The Morgan fingerprint density at radius 1 is 1.35 bits per heavy atom. The number of hydrogen-bond donors (Lipinski definition) is 0. The van der Waals surface area contributed by atoms with Crippen LogP contribution in [0.3, 0.4) is 0 Å². The topological polar surface area (TPSA) is 46.6 Å². The van der Waals surface area contributed by atoms with Gasteiger partial charge in [0.25, 0.3) is 0 Å². The van der Waals surface area contributed by atoms with E-state index in [1.54, 1.807) is 0 Å². The van der Waals surface area contributed by atoms with Gasteiger partial charge in [0, 0.05) is 30.3 Å². The van der Waals surface area contributed by atoms with Crippen molar-refractivity contribution in [3.63, 3.8) is 0 Å². The molecule has 2 aliphatic heterocycles. The standard InChI is InChI=1S/C19H21NO3/c1-23-18(22)9-13-12-20-8-7-19(14-5-3-2-4-6-14)11-16(21)15(13)10-17(19)20/h2-6,12,15,17H,7-11H2,1H3/t15-,17-,19+/m0/s1. The average molecular weight is 311 g/mol. The molecule has 2 heterocycles. The lowest BCUT2D eigenvalue weighted by molar-refractivity contribution is -0.140. The molecule has 4 rings (SSSR count). The third kappa shape index (κ3) is 2.12. The summed E-state index contributed by atoms with van der Waals surface area (Å²) < 4.78 is 4.78. The first-order valence-electron chi connectivity index (χ1n) is 8.25. The van der Waals surface area contributed by atoms with E-state index < -0.39 is 0 Å². The van der Waals surface area contributed by atoms with Crippen molar-refractivity contribution in [2.24, 2.45) is 5.92 Å². The minimum Gasteiger partial charge on any atom is -0.469 e. The van der Waals surface area contributed by atoms with Crippen molar-refractivity contribution in [2.45, 2.75) is 37.1 Å². The molecule has 0 spiro atoms. The van der Waals surface area contributed by atoms with Gasteiger partial charge in [0.05, 0.1) is 13.5 Å². The molecular formula is C19H21NO3. The number of methoxy groups -OCH3 is 1. The summed E-state index contributed by atoms with van der Waals surface area (Å²) in [4.78, 5) is 26.8. The second kappa shape index (κ2) is 5.22. The SMILES string of the molecule is COC(=O)CC1=CN2CC[C@]3(c4ccccc4)CC(=O)[C@H]1C[C@H]23. The highest BCUT2D eigenvalue weighted by Gasteiger charge is 2.56. The van der Waals surface area contributed by atoms with Gasteiger partial charge in [-0.15, -0.1) is 0 Å². The Kier molecular flexibility index (Phi) is 3.29. The molecule has 1 saturated heterocycles. The molecule has 0 radical (unpaired) electrons. The van der Waals surface area contributed by atoms with Crippen LogP contribution >= 0.6 is 0 Å². The van der Waals surface area contributed by atoms with Gasteiger partial charge in [-0.1, -0.05) is 30.3 Å². The van der Waals surface area contributed by atoms with Crippen LogP contribution in [0.25, 0.3) is 0 Å². The Morgan fingerprint density at radius 2 is 2.13 bits per heavy atom. The molecular weight excluding hydrogens is 290 g/mol. The maximum absolute atomic E-state index is 12.8. The minimum absolute atomic E-state index is 0.0534. The Balaban J connectivity index is 1.72. The summed E-state index contributed by atoms with van der Waals surface area (Å²) in [7, 11) is 1.40. The highest BCUT2D eigenvalue weighted by molar-refractivity contribution is 5.88. The van der Waals surface area contributed by atoms with Crippen LogP contribution in [0, 0.1) is 5.92 Å². The lowest BCUT2D eigenvalue weighted by atomic mass is 9.61. The molecule has 0 aromatic heterocycles. The van der Waals surface area contributed by atoms with E-state index in [1.807, 2.05) is 6.07 Å². The Bertz CT molecular complexity index is 681. The molecule has 1 aromatic carbocycles. The number of benzene rings is 1. The van der Waals surface area contributed by atoms with E-state index in [4.69, 9.17) is 4.74 Å². The second-order valence-corrected chi connectivity index (χ2v) is 6.91. The fourth-order valence-corrected chi connectivity index (χ4v) is 4.76. The van der Waals surface area contributed by atoms with Crippen molar-refractivity contribution in [2.75, 3.05) is 13.7 Å². The van der Waals surface area contributed by atoms with Crippen LogP contribution in [-0.2, 0) is 19.7 Å². The fraction of sp³-hybridized carbons (Fsp3) is 0.474. The monoisotopic (exact) mass is 311 g/mol. The third-order valence-electron chi connectivity index (χ3n) is 5.90. The third-order valence-corrected chi connectivity index (χ3v) is 5.90. The molecule has 120 valence electrons. The van der Waals surface area contributed by atoms with Crippen LogP contribution in [0.15, 0.2) is 42.1 Å². The molecule has 1 aromatic rings. The van der Waals surface area contributed by atoms with Crippen molar-refractivity contribution >= 4 is 11.8 Å². The van der Waals surface area contributed by atoms with Crippen LogP contribution in [-0.4, -0.2) is 36.3 Å². The number of hydrogen-bond acceptors (Lipinski definition) is 4. The van der Waals surface area contributed by atoms with E-state index in [-0.39, 0.29) is 29.5 Å². The van der Waals surface area contributed by atoms with Crippen molar-refractivity contribution < 1.29 is 14.3 Å². The molecule has 2 bridgehead atoms. The van der Waals surface area contributed by atoms with Crippen molar-refractivity contribution in [1.82, 2.24) is 4.90 Å². The van der Waals surface area contributed by atoms with Crippen molar-refractivity contribution in [3.05, 3.63) is 47.7 Å². The van der Waals surface area contributed by atoms with E-state index in [1.165, 1.54) is 12.7 Å². The molecule has 23 heavy (non-hydrogen) atoms. The quantitative estimate of drug-likeness (QED) is 0.805. The highest BCUT2D eigenvalue weighted by atomic mass is 16.5. The lowest BCUT2D eigenvalue weighted by Gasteiger charge is -2.47. The fourth-order valence-electron chi connectivity index (χ4n) is 4.76. The number of fused-ring (bicyclic) bond motifs is 1. The molecule has 3 atom stereocenters. The van der Waals surface area contributed by atoms with E-state index in [9.17, 15) is 9.59 Å². The van der Waals surface area contributed by atoms with Gasteiger partial charge in [-0.2, -0.15) is 0 Å². The predicted molar refractivity (Wildman–Crippen MR) is 85.7 cm³/mol. The van der Waals surface area contributed by atoms with E-state index >= 15 is 0 Å². The Morgan fingerprint density at radius 3 is 2.87 bits per heavy atom. The average Bonchev–Trinajstić information content (AvgIpc) is 2.96. The first kappa shape index (κ1) is 14.5. The highest BCUT2D eigenvalue weighted by Crippen LogP contribution is 2.53. The maximum atomic E-state index is 12.8. The number of ketones is 1. The maximum Gasteiger partial charge on any atom is 0.309 e. The van der Waals surface area contributed by atoms with Crippen LogP contribution in [0.2, 0.25) is 0 Å². The summed E-state index contributed by atoms with van der Waals surface area (Å²) in [6.07, 6.45) is 4.71. The zero-order valence-corrected chi connectivity index (χ0v) is 13.3. The predicted octanol–water partition coefficient (Wildman–Crippen LogP) is 2.44. The first-order valence-corrected chi connectivity index (χ1v) is 8.25. The summed E-state index contributed by atoms with van der Waals surface area (Å²) in [5.41, 5.74) is 2.16. The number of nitrogens with zero attached hydrogens (tertiary/aromatic N) is 1. The van der Waals surface area contributed by atoms with Crippen molar-refractivity contribution in [3.8, 4) is 0 Å². The molecule has 1 saturated carbocycles. The normalized spacial score (nSPS) is 31.8. The number of ether oxygens (including phenoxy) is 1. The molecule has 0 unspecified atom stereocenters. The van der Waals surface area contributed by atoms with E-state index in [0.29, 0.717) is 12.5 Å². The molecule has 2 fully saturated rings. The van der Waals surface area contributed by atoms with Gasteiger partial charge < -0.3 is 9.64 Å². The van der Waals surface area contributed by atoms with Crippen LogP contribution in [0.4, 0.5) is 0 Å². The summed E-state index contributed by atoms with van der Waals surface area (Å²) in [6, 6.07) is 10.8. The number of Topliss-reactive ketones (excluding diaryl/α,β-unsaturated/α-hetero) is 1. The number of carbonyl (C=O) groups is 2. The van der Waals surface area contributed by atoms with Gasteiger partial charge in [0.1, 0.15) is 5.78 Å². The van der Waals surface area contributed by atoms with Crippen LogP contribution < -0.4 is 0 Å². The summed E-state index contributed by atoms with van der Waals surface area (Å²) in [5, 5.41) is 0. The molecule has 0 amide bonds. The Labute approximate surface area is 136 Å². The van der Waals surface area contributed by atoms with Gasteiger partial charge in [0.2, 0.25) is 0 Å².